The number of rotatable bonds is 6. The summed E-state index contributed by atoms with van der Waals surface area (Å²) in [5.74, 6) is 1.65. The van der Waals surface area contributed by atoms with Crippen LogP contribution >= 0.6 is 0 Å². The van der Waals surface area contributed by atoms with Crippen LogP contribution in [0.15, 0.2) is 30.3 Å². The molecule has 1 fully saturated rings. The molecule has 1 nitrogen and oxygen atoms in total. The molecular formula is C19H31N. The summed E-state index contributed by atoms with van der Waals surface area (Å²) in [6.07, 6.45) is 8.40. The van der Waals surface area contributed by atoms with Crippen LogP contribution in [0.2, 0.25) is 0 Å². The predicted molar refractivity (Wildman–Crippen MR) is 88.0 cm³/mol. The van der Waals surface area contributed by atoms with Crippen molar-refractivity contribution in [2.24, 2.45) is 11.8 Å². The maximum Gasteiger partial charge on any atom is 0.0161 e. The molecule has 0 bridgehead atoms. The lowest BCUT2D eigenvalue weighted by atomic mass is 9.80. The highest BCUT2D eigenvalue weighted by atomic mass is 15.1. The molecule has 0 aliphatic heterocycles. The van der Waals surface area contributed by atoms with E-state index in [0.717, 1.165) is 17.9 Å². The first-order valence-corrected chi connectivity index (χ1v) is 8.41. The minimum Gasteiger partial charge on any atom is -0.303 e. The third-order valence-corrected chi connectivity index (χ3v) is 4.70. The van der Waals surface area contributed by atoms with Gasteiger partial charge in [0, 0.05) is 12.6 Å². The standard InChI is InChI=1S/C19H31N/c1-16(2)15-20(3)19(18-12-8-5-9-13-18)14-17-10-6-4-7-11-17/h4,6-7,10-11,16,18-19H,5,8-9,12-15H2,1-3H3/t19-/m1/s1. The second-order valence-corrected chi connectivity index (χ2v) is 6.99. The zero-order valence-electron chi connectivity index (χ0n) is 13.5. The fourth-order valence-electron chi connectivity index (χ4n) is 3.77. The highest BCUT2D eigenvalue weighted by Crippen LogP contribution is 2.30. The molecule has 1 atom stereocenters. The van der Waals surface area contributed by atoms with Crippen molar-refractivity contribution in [2.75, 3.05) is 13.6 Å². The van der Waals surface area contributed by atoms with Crippen LogP contribution < -0.4 is 0 Å². The summed E-state index contributed by atoms with van der Waals surface area (Å²) < 4.78 is 0. The van der Waals surface area contributed by atoms with E-state index in [2.05, 4.69) is 56.1 Å². The third kappa shape index (κ3) is 4.63. The zero-order valence-corrected chi connectivity index (χ0v) is 13.5. The van der Waals surface area contributed by atoms with E-state index >= 15 is 0 Å². The minimum absolute atomic E-state index is 0.722. The molecule has 0 aromatic heterocycles. The van der Waals surface area contributed by atoms with Gasteiger partial charge >= 0.3 is 0 Å². The zero-order chi connectivity index (χ0) is 14.4. The summed E-state index contributed by atoms with van der Waals surface area (Å²) >= 11 is 0. The lowest BCUT2D eigenvalue weighted by Crippen LogP contribution is -2.42. The van der Waals surface area contributed by atoms with Crippen LogP contribution in [0.5, 0.6) is 0 Å². The fourth-order valence-corrected chi connectivity index (χ4v) is 3.77. The van der Waals surface area contributed by atoms with Gasteiger partial charge in [-0.05, 0) is 43.7 Å². The Morgan fingerprint density at radius 3 is 2.30 bits per heavy atom. The highest BCUT2D eigenvalue weighted by Gasteiger charge is 2.27. The maximum absolute atomic E-state index is 2.63. The molecule has 1 aliphatic carbocycles. The van der Waals surface area contributed by atoms with Gasteiger partial charge in [0.25, 0.3) is 0 Å². The second-order valence-electron chi connectivity index (χ2n) is 6.99. The number of hydrogen-bond acceptors (Lipinski definition) is 1. The molecule has 1 aromatic rings. The predicted octanol–water partition coefficient (Wildman–Crippen LogP) is 4.77. The summed E-state index contributed by atoms with van der Waals surface area (Å²) in [7, 11) is 2.34. The van der Waals surface area contributed by atoms with Gasteiger partial charge in [-0.3, -0.25) is 0 Å². The molecule has 0 amide bonds. The Morgan fingerprint density at radius 1 is 1.05 bits per heavy atom. The minimum atomic E-state index is 0.722. The monoisotopic (exact) mass is 273 g/mol. The van der Waals surface area contributed by atoms with Crippen LogP contribution in [0, 0.1) is 11.8 Å². The average molecular weight is 273 g/mol. The van der Waals surface area contributed by atoms with Gasteiger partial charge in [-0.1, -0.05) is 63.4 Å². The van der Waals surface area contributed by atoms with E-state index in [4.69, 9.17) is 0 Å². The molecule has 1 aliphatic rings. The lowest BCUT2D eigenvalue weighted by molar-refractivity contribution is 0.131. The molecule has 0 heterocycles. The number of hydrogen-bond donors (Lipinski definition) is 0. The van der Waals surface area contributed by atoms with Crippen molar-refractivity contribution in [1.29, 1.82) is 0 Å². The van der Waals surface area contributed by atoms with Crippen molar-refractivity contribution >= 4 is 0 Å². The molecule has 0 saturated heterocycles. The van der Waals surface area contributed by atoms with Gasteiger partial charge in [0.05, 0.1) is 0 Å². The SMILES string of the molecule is CC(C)CN(C)[C@H](Cc1ccccc1)C1CCCCC1. The highest BCUT2D eigenvalue weighted by molar-refractivity contribution is 5.16. The van der Waals surface area contributed by atoms with Crippen LogP contribution in [0.1, 0.15) is 51.5 Å². The van der Waals surface area contributed by atoms with Crippen molar-refractivity contribution in [1.82, 2.24) is 4.90 Å². The van der Waals surface area contributed by atoms with Gasteiger partial charge in [0.1, 0.15) is 0 Å². The van der Waals surface area contributed by atoms with Crippen LogP contribution in [0.25, 0.3) is 0 Å². The summed E-state index contributed by atoms with van der Waals surface area (Å²) in [6, 6.07) is 11.8. The normalized spacial score (nSPS) is 18.6. The summed E-state index contributed by atoms with van der Waals surface area (Å²) in [5.41, 5.74) is 1.50. The third-order valence-electron chi connectivity index (χ3n) is 4.70. The van der Waals surface area contributed by atoms with Crippen molar-refractivity contribution in [3.63, 3.8) is 0 Å². The van der Waals surface area contributed by atoms with E-state index < -0.39 is 0 Å². The van der Waals surface area contributed by atoms with Gasteiger partial charge in [-0.2, -0.15) is 0 Å². The molecule has 20 heavy (non-hydrogen) atoms. The van der Waals surface area contributed by atoms with Crippen molar-refractivity contribution in [2.45, 2.75) is 58.4 Å². The fraction of sp³-hybridized carbons (Fsp3) is 0.684. The quantitative estimate of drug-likeness (QED) is 0.722. The first-order valence-electron chi connectivity index (χ1n) is 8.41. The van der Waals surface area contributed by atoms with E-state index in [1.165, 1.54) is 50.6 Å². The summed E-state index contributed by atoms with van der Waals surface area (Å²) in [5, 5.41) is 0. The Labute approximate surface area is 125 Å². The molecular weight excluding hydrogens is 242 g/mol. The van der Waals surface area contributed by atoms with Gasteiger partial charge in [-0.25, -0.2) is 0 Å². The molecule has 2 rings (SSSR count). The molecule has 112 valence electrons. The molecule has 0 N–H and O–H groups in total. The van der Waals surface area contributed by atoms with Gasteiger partial charge in [-0.15, -0.1) is 0 Å². The Bertz CT molecular complexity index is 365. The molecule has 0 spiro atoms. The Kier molecular flexibility index (Phi) is 6.09. The Morgan fingerprint density at radius 2 is 1.70 bits per heavy atom. The van der Waals surface area contributed by atoms with E-state index in [-0.39, 0.29) is 0 Å². The maximum atomic E-state index is 2.63. The topological polar surface area (TPSA) is 3.24 Å². The van der Waals surface area contributed by atoms with E-state index in [1.54, 1.807) is 0 Å². The van der Waals surface area contributed by atoms with Crippen LogP contribution in [0.3, 0.4) is 0 Å². The first-order chi connectivity index (χ1) is 9.66. The van der Waals surface area contributed by atoms with E-state index in [9.17, 15) is 0 Å². The van der Waals surface area contributed by atoms with Crippen molar-refractivity contribution in [3.8, 4) is 0 Å². The molecule has 1 saturated carbocycles. The van der Waals surface area contributed by atoms with Crippen LogP contribution in [0.4, 0.5) is 0 Å². The van der Waals surface area contributed by atoms with Crippen LogP contribution in [-0.2, 0) is 6.42 Å². The van der Waals surface area contributed by atoms with Gasteiger partial charge in [0.15, 0.2) is 0 Å². The van der Waals surface area contributed by atoms with E-state index in [1.807, 2.05) is 0 Å². The summed E-state index contributed by atoms with van der Waals surface area (Å²) in [6.45, 7) is 5.88. The molecule has 0 unspecified atom stereocenters. The first kappa shape index (κ1) is 15.6. The van der Waals surface area contributed by atoms with Gasteiger partial charge < -0.3 is 4.90 Å². The molecule has 1 aromatic carbocycles. The molecule has 0 radical (unpaired) electrons. The number of likely N-dealkylation sites (N-methyl/N-ethyl adjacent to an activating group) is 1. The van der Waals surface area contributed by atoms with Crippen molar-refractivity contribution in [3.05, 3.63) is 35.9 Å². The lowest BCUT2D eigenvalue weighted by Gasteiger charge is -2.38. The Hall–Kier alpha value is -0.820. The van der Waals surface area contributed by atoms with Crippen LogP contribution in [-0.4, -0.2) is 24.5 Å². The molecule has 1 heteroatoms. The smallest absolute Gasteiger partial charge is 0.0161 e. The second kappa shape index (κ2) is 7.83. The summed E-state index contributed by atoms with van der Waals surface area (Å²) in [4.78, 5) is 2.63. The number of benzene rings is 1. The van der Waals surface area contributed by atoms with Gasteiger partial charge in [0.2, 0.25) is 0 Å². The van der Waals surface area contributed by atoms with Crippen molar-refractivity contribution < 1.29 is 0 Å². The largest absolute Gasteiger partial charge is 0.303 e. The Balaban J connectivity index is 2.06. The average Bonchev–Trinajstić information content (AvgIpc) is 2.46. The van der Waals surface area contributed by atoms with E-state index in [0.29, 0.717) is 0 Å². The number of nitrogens with zero attached hydrogens (tertiary/aromatic N) is 1.